The third-order valence-electron chi connectivity index (χ3n) is 7.81. The molecular weight excluding hydrogens is 438 g/mol. The highest BCUT2D eigenvalue weighted by Crippen LogP contribution is 2.59. The van der Waals surface area contributed by atoms with Crippen LogP contribution >= 0.6 is 11.3 Å². The predicted molar refractivity (Wildman–Crippen MR) is 125 cm³/mol. The van der Waals surface area contributed by atoms with E-state index in [0.29, 0.717) is 51.3 Å². The van der Waals surface area contributed by atoms with Crippen LogP contribution in [0.5, 0.6) is 0 Å². The molecule has 2 bridgehead atoms. The van der Waals surface area contributed by atoms with Crippen molar-refractivity contribution >= 4 is 34.1 Å². The van der Waals surface area contributed by atoms with Gasteiger partial charge in [-0.1, -0.05) is 36.8 Å². The first kappa shape index (κ1) is 22.1. The number of thiazole rings is 1. The van der Waals surface area contributed by atoms with Crippen molar-refractivity contribution in [3.05, 3.63) is 45.9 Å². The van der Waals surface area contributed by atoms with Crippen molar-refractivity contribution in [2.45, 2.75) is 52.9 Å². The molecule has 6 rings (SSSR count). The second-order valence-electron chi connectivity index (χ2n) is 10.0. The molecule has 1 fully saturated rings. The number of Topliss-reactive ketones (excluding diaryl/α,β-unsaturated/α-hetero) is 1. The van der Waals surface area contributed by atoms with E-state index in [-0.39, 0.29) is 24.0 Å². The Labute approximate surface area is 197 Å². The number of carbonyl (C=O) groups is 3. The number of aryl methyl sites for hydroxylation is 1. The molecule has 2 aromatic heterocycles. The van der Waals surface area contributed by atoms with Crippen molar-refractivity contribution in [1.29, 1.82) is 0 Å². The zero-order valence-electron chi connectivity index (χ0n) is 19.2. The molecule has 4 aliphatic carbocycles. The fraction of sp³-hybridized carbons (Fsp3) is 0.520. The van der Waals surface area contributed by atoms with Crippen molar-refractivity contribution in [2.24, 2.45) is 23.2 Å². The first-order valence-electron chi connectivity index (χ1n) is 11.6. The predicted octanol–water partition coefficient (Wildman–Crippen LogP) is 4.54. The molecule has 2 amide bonds. The van der Waals surface area contributed by atoms with Gasteiger partial charge in [-0.05, 0) is 49.5 Å². The normalized spacial score (nSPS) is 25.0. The number of allylic oxidation sites excluding steroid dienone is 1. The molecule has 2 N–H and O–H groups in total. The van der Waals surface area contributed by atoms with Crippen LogP contribution in [0.15, 0.2) is 28.4 Å². The molecule has 4 aliphatic rings. The Morgan fingerprint density at radius 1 is 1.30 bits per heavy atom. The summed E-state index contributed by atoms with van der Waals surface area (Å²) in [5.41, 5.74) is 2.87. The van der Waals surface area contributed by atoms with Gasteiger partial charge in [0.2, 0.25) is 5.91 Å². The number of fused-ring (bicyclic) bond motifs is 2. The summed E-state index contributed by atoms with van der Waals surface area (Å²) in [7, 11) is 0. The molecule has 0 unspecified atom stereocenters. The molecule has 0 radical (unpaired) electrons. The minimum atomic E-state index is -0.420. The summed E-state index contributed by atoms with van der Waals surface area (Å²) < 4.78 is 5.17. The molecule has 2 heterocycles. The van der Waals surface area contributed by atoms with Crippen LogP contribution in [0.2, 0.25) is 0 Å². The summed E-state index contributed by atoms with van der Waals surface area (Å²) >= 11 is 1.17. The minimum Gasteiger partial charge on any atom is -0.469 e. The SMILES string of the molecule is Cc1occc1C(=O)Nc1nc2c(s1)C(=O)C[C@H](C(=O)NCCC1=CC[C@H]3C[C@@H]1C3(C)C)C2. The Morgan fingerprint density at radius 2 is 2.12 bits per heavy atom. The van der Waals surface area contributed by atoms with Crippen molar-refractivity contribution < 1.29 is 18.8 Å². The van der Waals surface area contributed by atoms with Gasteiger partial charge in [-0.3, -0.25) is 19.7 Å². The lowest BCUT2D eigenvalue weighted by atomic mass is 9.48. The molecule has 0 saturated heterocycles. The van der Waals surface area contributed by atoms with Gasteiger partial charge in [0, 0.05) is 19.4 Å². The van der Waals surface area contributed by atoms with Gasteiger partial charge in [-0.2, -0.15) is 0 Å². The fourth-order valence-electron chi connectivity index (χ4n) is 5.59. The number of ketones is 1. The maximum atomic E-state index is 12.8. The quantitative estimate of drug-likeness (QED) is 0.608. The number of furan rings is 1. The Bertz CT molecular complexity index is 1160. The van der Waals surface area contributed by atoms with E-state index in [4.69, 9.17) is 4.42 Å². The van der Waals surface area contributed by atoms with Gasteiger partial charge >= 0.3 is 0 Å². The first-order chi connectivity index (χ1) is 15.7. The molecular formula is C25H29N3O4S. The van der Waals surface area contributed by atoms with Crippen molar-refractivity contribution in [1.82, 2.24) is 10.3 Å². The number of nitrogens with one attached hydrogen (secondary N) is 2. The Kier molecular flexibility index (Phi) is 5.51. The van der Waals surface area contributed by atoms with Gasteiger partial charge in [0.15, 0.2) is 10.9 Å². The van der Waals surface area contributed by atoms with E-state index in [1.54, 1.807) is 13.0 Å². The van der Waals surface area contributed by atoms with Crippen LogP contribution < -0.4 is 10.6 Å². The Balaban J connectivity index is 1.17. The van der Waals surface area contributed by atoms with E-state index in [2.05, 4.69) is 35.5 Å². The van der Waals surface area contributed by atoms with Crippen molar-refractivity contribution in [2.75, 3.05) is 11.9 Å². The van der Waals surface area contributed by atoms with Gasteiger partial charge in [0.05, 0.1) is 28.3 Å². The van der Waals surface area contributed by atoms with Crippen LogP contribution in [-0.4, -0.2) is 29.1 Å². The number of carbonyl (C=O) groups excluding carboxylic acids is 3. The average molecular weight is 468 g/mol. The maximum absolute atomic E-state index is 12.8. The van der Waals surface area contributed by atoms with E-state index >= 15 is 0 Å². The van der Waals surface area contributed by atoms with Crippen LogP contribution in [0.1, 0.15) is 71.0 Å². The zero-order chi connectivity index (χ0) is 23.3. The number of aromatic nitrogens is 1. The summed E-state index contributed by atoms with van der Waals surface area (Å²) in [5, 5.41) is 6.15. The summed E-state index contributed by atoms with van der Waals surface area (Å²) in [4.78, 5) is 42.9. The second-order valence-corrected chi connectivity index (χ2v) is 11.0. The van der Waals surface area contributed by atoms with Crippen molar-refractivity contribution in [3.8, 4) is 0 Å². The fourth-order valence-corrected chi connectivity index (χ4v) is 6.52. The van der Waals surface area contributed by atoms with Gasteiger partial charge in [0.1, 0.15) is 5.76 Å². The maximum Gasteiger partial charge on any atom is 0.260 e. The third kappa shape index (κ3) is 3.94. The number of amides is 2. The topological polar surface area (TPSA) is 101 Å². The molecule has 2 aromatic rings. The van der Waals surface area contributed by atoms with Gasteiger partial charge in [0.25, 0.3) is 5.91 Å². The summed E-state index contributed by atoms with van der Waals surface area (Å²) in [6.07, 6.45) is 7.70. The lowest BCUT2D eigenvalue weighted by molar-refractivity contribution is -0.125. The largest absolute Gasteiger partial charge is 0.469 e. The molecule has 8 heteroatoms. The lowest BCUT2D eigenvalue weighted by Gasteiger charge is -2.56. The zero-order valence-corrected chi connectivity index (χ0v) is 20.0. The van der Waals surface area contributed by atoms with E-state index in [9.17, 15) is 14.4 Å². The van der Waals surface area contributed by atoms with Gasteiger partial charge in [-0.15, -0.1) is 0 Å². The lowest BCUT2D eigenvalue weighted by Crippen LogP contribution is -2.48. The van der Waals surface area contributed by atoms with Gasteiger partial charge < -0.3 is 9.73 Å². The number of hydrogen-bond acceptors (Lipinski definition) is 6. The van der Waals surface area contributed by atoms with Crippen molar-refractivity contribution in [3.63, 3.8) is 0 Å². The highest BCUT2D eigenvalue weighted by atomic mass is 32.1. The van der Waals surface area contributed by atoms with Crippen LogP contribution in [0.4, 0.5) is 5.13 Å². The Hall–Kier alpha value is -2.74. The molecule has 0 aromatic carbocycles. The smallest absolute Gasteiger partial charge is 0.260 e. The van der Waals surface area contributed by atoms with E-state index in [1.165, 1.54) is 29.6 Å². The molecule has 0 aliphatic heterocycles. The molecule has 0 spiro atoms. The molecule has 33 heavy (non-hydrogen) atoms. The first-order valence-corrected chi connectivity index (χ1v) is 12.4. The van der Waals surface area contributed by atoms with E-state index < -0.39 is 5.92 Å². The highest BCUT2D eigenvalue weighted by molar-refractivity contribution is 7.17. The second kappa shape index (κ2) is 8.24. The van der Waals surface area contributed by atoms with Crippen LogP contribution in [-0.2, 0) is 11.2 Å². The van der Waals surface area contributed by atoms with Gasteiger partial charge in [-0.25, -0.2) is 4.98 Å². The van der Waals surface area contributed by atoms with Crippen LogP contribution in [0.25, 0.3) is 0 Å². The number of anilines is 1. The standard InChI is InChI=1S/C25H29N3O4S/c1-13-17(7-9-32-13)23(31)28-24-27-19-10-15(11-20(29)21(19)33-24)22(30)26-8-6-14-4-5-16-12-18(14)25(16,2)3/h4,7,9,15-16,18H,5-6,8,10-12H2,1-3H3,(H,26,30)(H,27,28,31)/t15-,16+,18+/m1/s1. The molecule has 1 saturated carbocycles. The van der Waals surface area contributed by atoms with Crippen LogP contribution in [0, 0.1) is 30.1 Å². The summed E-state index contributed by atoms with van der Waals surface area (Å²) in [5.74, 6) is 1.03. The number of nitrogens with zero attached hydrogens (tertiary/aromatic N) is 1. The minimum absolute atomic E-state index is 0.0915. The highest BCUT2D eigenvalue weighted by Gasteiger charge is 2.50. The average Bonchev–Trinajstić information content (AvgIpc) is 3.39. The number of hydrogen-bond donors (Lipinski definition) is 2. The summed E-state index contributed by atoms with van der Waals surface area (Å²) in [6, 6.07) is 1.59. The third-order valence-corrected chi connectivity index (χ3v) is 8.87. The van der Waals surface area contributed by atoms with E-state index in [1.807, 2.05) is 0 Å². The molecule has 7 nitrogen and oxygen atoms in total. The summed E-state index contributed by atoms with van der Waals surface area (Å²) in [6.45, 7) is 7.01. The Morgan fingerprint density at radius 3 is 2.82 bits per heavy atom. The monoisotopic (exact) mass is 467 g/mol. The molecule has 3 atom stereocenters. The van der Waals surface area contributed by atoms with E-state index in [0.717, 1.165) is 18.8 Å². The number of rotatable bonds is 6. The molecule has 174 valence electrons. The van der Waals surface area contributed by atoms with Crippen LogP contribution in [0.3, 0.4) is 0 Å².